The molecule has 0 atom stereocenters. The molecule has 282 valence electrons. The Morgan fingerprint density at radius 2 is 1.33 bits per heavy atom. The Morgan fingerprint density at radius 3 is 2.02 bits per heavy atom. The van der Waals surface area contributed by atoms with Gasteiger partial charge in [0, 0.05) is 58.3 Å². The molecule has 0 amide bonds. The Bertz CT molecular complexity index is 2860. The first-order valence-electron chi connectivity index (χ1n) is 18.8. The Hall–Kier alpha value is -6.07. The molecule has 1 aliphatic heterocycles. The summed E-state index contributed by atoms with van der Waals surface area (Å²) >= 11 is 0. The van der Waals surface area contributed by atoms with Crippen molar-refractivity contribution >= 4 is 50.6 Å². The van der Waals surface area contributed by atoms with Crippen molar-refractivity contribution in [3.8, 4) is 28.7 Å². The fourth-order valence-corrected chi connectivity index (χ4v) is 6.92. The van der Waals surface area contributed by atoms with Crippen LogP contribution < -0.4 is 13.9 Å². The summed E-state index contributed by atoms with van der Waals surface area (Å²) in [5, 5.41) is 2.04. The van der Waals surface area contributed by atoms with Crippen LogP contribution in [-0.4, -0.2) is 30.5 Å². The average molecular weight is 927 g/mol. The summed E-state index contributed by atoms with van der Waals surface area (Å²) in [6.45, 7) is 14.8. The number of pyridine rings is 1. The van der Waals surface area contributed by atoms with Crippen LogP contribution in [0.15, 0.2) is 121 Å². The molecule has 0 saturated heterocycles. The molecule has 0 spiro atoms. The zero-order valence-corrected chi connectivity index (χ0v) is 35.2. The third kappa shape index (κ3) is 7.01. The smallest absolute Gasteiger partial charge is 0.508 e. The number of fused-ring (bicyclic) bond motifs is 4. The number of benzene rings is 5. The summed E-state index contributed by atoms with van der Waals surface area (Å²) in [6, 6.07) is 49.8. The molecule has 1 aliphatic rings. The molecule has 8 aromatic rings. The van der Waals surface area contributed by atoms with Crippen LogP contribution in [0.3, 0.4) is 0 Å². The van der Waals surface area contributed by atoms with Crippen LogP contribution in [0.1, 0.15) is 58.8 Å². The van der Waals surface area contributed by atoms with Gasteiger partial charge in [0.05, 0.1) is 0 Å². The Kier molecular flexibility index (Phi) is 9.60. The van der Waals surface area contributed by atoms with Crippen LogP contribution in [0.4, 0.5) is 22.7 Å². The van der Waals surface area contributed by atoms with Crippen molar-refractivity contribution in [1.82, 2.24) is 33.7 Å². The van der Waals surface area contributed by atoms with Gasteiger partial charge in [0.15, 0.2) is 0 Å². The number of para-hydroxylation sites is 3. The Morgan fingerprint density at radius 1 is 0.667 bits per heavy atom. The number of ether oxygens (including phenoxy) is 1. The topological polar surface area (TPSA) is 71.7 Å². The number of aryl methyl sites for hydroxylation is 1. The van der Waals surface area contributed by atoms with Crippen molar-refractivity contribution in [3.05, 3.63) is 151 Å². The summed E-state index contributed by atoms with van der Waals surface area (Å²) < 4.78 is 13.1. The van der Waals surface area contributed by atoms with Gasteiger partial charge in [-0.1, -0.05) is 118 Å². The van der Waals surface area contributed by atoms with E-state index in [4.69, 9.17) is 24.7 Å². The quantitative estimate of drug-likeness (QED) is 0.123. The first kappa shape index (κ1) is 37.8. The van der Waals surface area contributed by atoms with Gasteiger partial charge in [-0.3, -0.25) is 0 Å². The monoisotopic (exact) mass is 926 g/mol. The number of nitrogens with zero attached hydrogens (tertiary/aromatic N) is 7. The van der Waals surface area contributed by atoms with Crippen LogP contribution in [0.2, 0.25) is 0 Å². The summed E-state index contributed by atoms with van der Waals surface area (Å²) in [6.07, 6.45) is 1.81. The molecule has 0 saturated carbocycles. The standard InChI is InChI=1S/C48H41N7O.Pt/c1-31-22-24-32(25-23-31)53-30-54(40-20-11-10-19-39(40)53)33-15-14-16-34(27-33)56-42-29-41-36(35-17-8-9-18-38(35)55(41)43-21-12-13-26-49-43)28-37(42)44-50-45(47(2,3)4)52-46(51-44)48(5,6)7;/h8-26,28H,1-7H3;/q;+2. The SMILES string of the molecule is Cc1ccc([N+]2=C=[N+](c3[c-]c(Oc4[c-]c5c(cc4-c4nc(C(C)(C)C)nc(C(C)(C)C)n4)c4ccccc4n5-c4ccccn4)ccc3)c3ccccc32)cc1.[Pt+2]. The fraction of sp³-hybridized carbons (Fsp3) is 0.188. The molecule has 0 radical (unpaired) electrons. The minimum absolute atomic E-state index is 0. The molecule has 0 unspecified atom stereocenters. The van der Waals surface area contributed by atoms with Crippen LogP contribution in [-0.2, 0) is 31.9 Å². The van der Waals surface area contributed by atoms with E-state index in [0.29, 0.717) is 34.5 Å². The van der Waals surface area contributed by atoms with Crippen molar-refractivity contribution in [3.63, 3.8) is 0 Å². The minimum atomic E-state index is -0.324. The van der Waals surface area contributed by atoms with Crippen molar-refractivity contribution in [2.24, 2.45) is 0 Å². The normalized spacial score (nSPS) is 12.6. The molecule has 9 heteroatoms. The molecule has 0 fully saturated rings. The molecule has 0 aliphatic carbocycles. The van der Waals surface area contributed by atoms with Crippen molar-refractivity contribution < 1.29 is 25.8 Å². The van der Waals surface area contributed by atoms with Gasteiger partial charge in [0.25, 0.3) is 11.4 Å². The van der Waals surface area contributed by atoms with E-state index >= 15 is 0 Å². The Labute approximate surface area is 347 Å². The zero-order valence-electron chi connectivity index (χ0n) is 32.9. The van der Waals surface area contributed by atoms with E-state index < -0.39 is 0 Å². The number of aromatic nitrogens is 5. The largest absolute Gasteiger partial charge is 2.00 e. The van der Waals surface area contributed by atoms with E-state index in [1.807, 2.05) is 59.2 Å². The maximum Gasteiger partial charge on any atom is 2.00 e. The average Bonchev–Trinajstić information content (AvgIpc) is 3.73. The predicted octanol–water partition coefficient (Wildman–Crippen LogP) is 11.2. The van der Waals surface area contributed by atoms with E-state index in [2.05, 4.69) is 136 Å². The van der Waals surface area contributed by atoms with Gasteiger partial charge in [0.2, 0.25) is 5.69 Å². The maximum atomic E-state index is 6.91. The van der Waals surface area contributed by atoms with E-state index in [1.54, 1.807) is 6.20 Å². The number of hydrogen-bond donors (Lipinski definition) is 0. The molecule has 4 heterocycles. The third-order valence-electron chi connectivity index (χ3n) is 9.84. The third-order valence-corrected chi connectivity index (χ3v) is 9.84. The van der Waals surface area contributed by atoms with E-state index in [1.165, 1.54) is 5.56 Å². The second-order valence-corrected chi connectivity index (χ2v) is 16.2. The second kappa shape index (κ2) is 14.5. The molecular formula is C48H41N7OPt+2. The van der Waals surface area contributed by atoms with Gasteiger partial charge in [0.1, 0.15) is 29.0 Å². The van der Waals surface area contributed by atoms with E-state index in [0.717, 1.165) is 50.4 Å². The number of rotatable bonds is 6. The van der Waals surface area contributed by atoms with Gasteiger partial charge < -0.3 is 9.30 Å². The van der Waals surface area contributed by atoms with Crippen molar-refractivity contribution in [1.29, 1.82) is 0 Å². The minimum Gasteiger partial charge on any atom is -0.508 e. The predicted molar refractivity (Wildman–Crippen MR) is 225 cm³/mol. The second-order valence-electron chi connectivity index (χ2n) is 16.2. The molecule has 0 bridgehead atoms. The van der Waals surface area contributed by atoms with Gasteiger partial charge in [-0.05, 0) is 40.6 Å². The molecule has 3 aromatic heterocycles. The molecule has 5 aromatic carbocycles. The summed E-state index contributed by atoms with van der Waals surface area (Å²) in [7, 11) is 0. The summed E-state index contributed by atoms with van der Waals surface area (Å²) in [5.74, 6) is 3.70. The van der Waals surface area contributed by atoms with Gasteiger partial charge in [-0.25, -0.2) is 19.9 Å². The first-order valence-corrected chi connectivity index (χ1v) is 18.8. The van der Waals surface area contributed by atoms with Crippen LogP contribution in [0.5, 0.6) is 11.5 Å². The van der Waals surface area contributed by atoms with Gasteiger partial charge >= 0.3 is 27.1 Å². The molecule has 8 nitrogen and oxygen atoms in total. The van der Waals surface area contributed by atoms with Crippen molar-refractivity contribution in [2.45, 2.75) is 59.3 Å². The Balaban J connectivity index is 0.00000455. The van der Waals surface area contributed by atoms with Crippen LogP contribution in [0.25, 0.3) is 39.0 Å². The number of hydrogen-bond acceptors (Lipinski definition) is 5. The molecule has 9 rings (SSSR count). The van der Waals surface area contributed by atoms with E-state index in [-0.39, 0.29) is 31.9 Å². The van der Waals surface area contributed by atoms with Crippen LogP contribution in [0, 0.1) is 19.1 Å². The van der Waals surface area contributed by atoms with Crippen molar-refractivity contribution in [2.75, 3.05) is 0 Å². The van der Waals surface area contributed by atoms with Crippen LogP contribution >= 0.6 is 0 Å². The first-order chi connectivity index (χ1) is 26.9. The van der Waals surface area contributed by atoms with Gasteiger partial charge in [-0.2, -0.15) is 6.07 Å². The van der Waals surface area contributed by atoms with Gasteiger partial charge in [-0.15, -0.1) is 23.6 Å². The maximum absolute atomic E-state index is 6.91. The molecule has 57 heavy (non-hydrogen) atoms. The fourth-order valence-electron chi connectivity index (χ4n) is 6.92. The summed E-state index contributed by atoms with van der Waals surface area (Å²) in [4.78, 5) is 19.9. The molecular weight excluding hydrogens is 886 g/mol. The summed E-state index contributed by atoms with van der Waals surface area (Å²) in [5.41, 5.74) is 6.90. The van der Waals surface area contributed by atoms with E-state index in [9.17, 15) is 0 Å². The zero-order chi connectivity index (χ0) is 38.8. The molecule has 0 N–H and O–H groups in total.